The maximum absolute atomic E-state index is 12.7. The van der Waals surface area contributed by atoms with Crippen LogP contribution >= 0.6 is 0 Å². The van der Waals surface area contributed by atoms with Gasteiger partial charge in [-0.05, 0) is 51.1 Å². The maximum Gasteiger partial charge on any atom is 0.238 e. The molecule has 1 N–H and O–H groups in total. The summed E-state index contributed by atoms with van der Waals surface area (Å²) in [5, 5.41) is 2.86. The van der Waals surface area contributed by atoms with Crippen molar-refractivity contribution in [1.82, 2.24) is 14.8 Å². The van der Waals surface area contributed by atoms with E-state index in [2.05, 4.69) is 10.3 Å². The molecule has 7 heteroatoms. The summed E-state index contributed by atoms with van der Waals surface area (Å²) >= 11 is 0. The van der Waals surface area contributed by atoms with E-state index >= 15 is 0 Å². The van der Waals surface area contributed by atoms with Gasteiger partial charge in [-0.2, -0.15) is 0 Å². The van der Waals surface area contributed by atoms with Crippen molar-refractivity contribution in [1.29, 1.82) is 0 Å². The average molecular weight is 421 g/mol. The molecule has 1 fully saturated rings. The van der Waals surface area contributed by atoms with E-state index in [0.29, 0.717) is 13.1 Å². The number of para-hydroxylation sites is 2. The number of carbonyl (C=O) groups excluding carboxylic acids is 2. The van der Waals surface area contributed by atoms with Crippen molar-refractivity contribution in [2.75, 3.05) is 38.5 Å². The lowest BCUT2D eigenvalue weighted by molar-refractivity contribution is -0.133. The summed E-state index contributed by atoms with van der Waals surface area (Å²) in [6.07, 6.45) is 1.66. The fraction of sp³-hybridized carbons (Fsp3) is 0.375. The number of likely N-dealkylation sites (tertiary alicyclic amines) is 1. The Labute approximate surface area is 182 Å². The SMILES string of the molecule is Cc1ccc(NC(=O)CN(C)CC(=O)N2CCC(c3nc4ccccc4o3)CC2)cc1. The van der Waals surface area contributed by atoms with E-state index in [-0.39, 0.29) is 30.8 Å². The number of aromatic nitrogens is 1. The smallest absolute Gasteiger partial charge is 0.238 e. The second-order valence-electron chi connectivity index (χ2n) is 8.26. The molecule has 0 saturated carbocycles. The van der Waals surface area contributed by atoms with Crippen LogP contribution in [0.15, 0.2) is 52.9 Å². The minimum atomic E-state index is -0.131. The first-order chi connectivity index (χ1) is 15.0. The van der Waals surface area contributed by atoms with Crippen LogP contribution in [0.4, 0.5) is 5.69 Å². The molecule has 1 aliphatic rings. The van der Waals surface area contributed by atoms with Crippen LogP contribution in [0.1, 0.15) is 30.2 Å². The molecule has 3 aromatic rings. The Hall–Kier alpha value is -3.19. The minimum Gasteiger partial charge on any atom is -0.440 e. The predicted molar refractivity (Wildman–Crippen MR) is 120 cm³/mol. The first kappa shape index (κ1) is 21.1. The van der Waals surface area contributed by atoms with Crippen LogP contribution in [0.2, 0.25) is 0 Å². The van der Waals surface area contributed by atoms with Gasteiger partial charge in [0.25, 0.3) is 0 Å². The van der Waals surface area contributed by atoms with Crippen molar-refractivity contribution in [3.05, 3.63) is 60.0 Å². The number of rotatable bonds is 6. The van der Waals surface area contributed by atoms with Gasteiger partial charge in [-0.15, -0.1) is 0 Å². The van der Waals surface area contributed by atoms with E-state index in [1.165, 1.54) is 0 Å². The lowest BCUT2D eigenvalue weighted by atomic mass is 9.97. The molecule has 0 radical (unpaired) electrons. The van der Waals surface area contributed by atoms with E-state index in [4.69, 9.17) is 4.42 Å². The first-order valence-corrected chi connectivity index (χ1v) is 10.7. The number of oxazole rings is 1. The Kier molecular flexibility index (Phi) is 6.32. The Morgan fingerprint density at radius 1 is 1.10 bits per heavy atom. The van der Waals surface area contributed by atoms with Crippen LogP contribution in [0, 0.1) is 6.92 Å². The lowest BCUT2D eigenvalue weighted by Gasteiger charge is -2.31. The third kappa shape index (κ3) is 5.30. The van der Waals surface area contributed by atoms with E-state index in [9.17, 15) is 9.59 Å². The summed E-state index contributed by atoms with van der Waals surface area (Å²) in [7, 11) is 1.79. The number of anilines is 1. The molecule has 162 valence electrons. The summed E-state index contributed by atoms with van der Waals surface area (Å²) in [4.78, 5) is 33.1. The molecule has 0 unspecified atom stereocenters. The van der Waals surface area contributed by atoms with Crippen LogP contribution in [-0.2, 0) is 9.59 Å². The van der Waals surface area contributed by atoms with Crippen molar-refractivity contribution >= 4 is 28.6 Å². The van der Waals surface area contributed by atoms with Gasteiger partial charge < -0.3 is 14.6 Å². The van der Waals surface area contributed by atoms with Crippen LogP contribution in [0.25, 0.3) is 11.1 Å². The van der Waals surface area contributed by atoms with Gasteiger partial charge >= 0.3 is 0 Å². The van der Waals surface area contributed by atoms with E-state index in [1.54, 1.807) is 11.9 Å². The van der Waals surface area contributed by atoms with Crippen LogP contribution in [-0.4, -0.2) is 59.8 Å². The number of aryl methyl sites for hydroxylation is 1. The molecular weight excluding hydrogens is 392 g/mol. The molecule has 0 atom stereocenters. The Bertz CT molecular complexity index is 1020. The molecule has 2 heterocycles. The van der Waals surface area contributed by atoms with Crippen molar-refractivity contribution in [3.8, 4) is 0 Å². The molecule has 0 spiro atoms. The predicted octanol–water partition coefficient (Wildman–Crippen LogP) is 3.41. The quantitative estimate of drug-likeness (QED) is 0.661. The number of nitrogens with zero attached hydrogens (tertiary/aromatic N) is 3. The van der Waals surface area contributed by atoms with Crippen LogP contribution < -0.4 is 5.32 Å². The van der Waals surface area contributed by atoms with Gasteiger partial charge in [0.05, 0.1) is 13.1 Å². The fourth-order valence-corrected chi connectivity index (χ4v) is 3.91. The van der Waals surface area contributed by atoms with Gasteiger partial charge in [0.2, 0.25) is 11.8 Å². The third-order valence-electron chi connectivity index (χ3n) is 5.66. The lowest BCUT2D eigenvalue weighted by Crippen LogP contribution is -2.44. The molecule has 2 aromatic carbocycles. The number of piperidine rings is 1. The van der Waals surface area contributed by atoms with E-state index in [0.717, 1.165) is 41.1 Å². The first-order valence-electron chi connectivity index (χ1n) is 10.7. The monoisotopic (exact) mass is 420 g/mol. The number of amides is 2. The maximum atomic E-state index is 12.7. The normalized spacial score (nSPS) is 14.9. The zero-order valence-electron chi connectivity index (χ0n) is 18.0. The highest BCUT2D eigenvalue weighted by molar-refractivity contribution is 5.92. The molecule has 1 saturated heterocycles. The third-order valence-corrected chi connectivity index (χ3v) is 5.66. The van der Waals surface area contributed by atoms with Crippen molar-refractivity contribution in [2.45, 2.75) is 25.7 Å². The number of carbonyl (C=O) groups is 2. The molecule has 7 nitrogen and oxygen atoms in total. The topological polar surface area (TPSA) is 78.7 Å². The van der Waals surface area contributed by atoms with Gasteiger partial charge in [-0.3, -0.25) is 14.5 Å². The van der Waals surface area contributed by atoms with E-state index < -0.39 is 0 Å². The Morgan fingerprint density at radius 2 is 1.81 bits per heavy atom. The number of nitrogens with one attached hydrogen (secondary N) is 1. The van der Waals surface area contributed by atoms with Gasteiger partial charge in [-0.1, -0.05) is 29.8 Å². The second kappa shape index (κ2) is 9.31. The van der Waals surface area contributed by atoms with Gasteiger partial charge in [0.15, 0.2) is 11.5 Å². The summed E-state index contributed by atoms with van der Waals surface area (Å²) < 4.78 is 5.90. The van der Waals surface area contributed by atoms with Gasteiger partial charge in [-0.25, -0.2) is 4.98 Å². The van der Waals surface area contributed by atoms with Gasteiger partial charge in [0.1, 0.15) is 5.52 Å². The average Bonchev–Trinajstić information content (AvgIpc) is 3.19. The molecule has 4 rings (SSSR count). The van der Waals surface area contributed by atoms with Crippen molar-refractivity contribution in [3.63, 3.8) is 0 Å². The Balaban J connectivity index is 1.23. The van der Waals surface area contributed by atoms with Crippen LogP contribution in [0.5, 0.6) is 0 Å². The molecule has 1 aromatic heterocycles. The highest BCUT2D eigenvalue weighted by Gasteiger charge is 2.27. The van der Waals surface area contributed by atoms with Crippen molar-refractivity contribution < 1.29 is 14.0 Å². The summed E-state index contributed by atoms with van der Waals surface area (Å²) in [5.41, 5.74) is 3.58. The number of fused-ring (bicyclic) bond motifs is 1. The summed E-state index contributed by atoms with van der Waals surface area (Å²) in [5.74, 6) is 0.906. The molecule has 31 heavy (non-hydrogen) atoms. The highest BCUT2D eigenvalue weighted by Crippen LogP contribution is 2.29. The zero-order chi connectivity index (χ0) is 21.8. The zero-order valence-corrected chi connectivity index (χ0v) is 18.0. The van der Waals surface area contributed by atoms with Gasteiger partial charge in [0, 0.05) is 24.7 Å². The standard InChI is InChI=1S/C24H28N4O3/c1-17-7-9-19(10-8-17)25-22(29)15-27(2)16-23(30)28-13-11-18(12-14-28)24-26-20-5-3-4-6-21(20)31-24/h3-10,18H,11-16H2,1-2H3,(H,25,29). The number of benzene rings is 2. The second-order valence-corrected chi connectivity index (χ2v) is 8.26. The largest absolute Gasteiger partial charge is 0.440 e. The molecule has 0 aliphatic carbocycles. The van der Waals surface area contributed by atoms with Crippen molar-refractivity contribution in [2.24, 2.45) is 0 Å². The summed E-state index contributed by atoms with van der Waals surface area (Å²) in [6, 6.07) is 15.4. The molecular formula is C24H28N4O3. The molecule has 1 aliphatic heterocycles. The summed E-state index contributed by atoms with van der Waals surface area (Å²) in [6.45, 7) is 3.73. The Morgan fingerprint density at radius 3 is 2.52 bits per heavy atom. The molecule has 2 amide bonds. The number of likely N-dealkylation sites (N-methyl/N-ethyl adjacent to an activating group) is 1. The fourth-order valence-electron chi connectivity index (χ4n) is 3.91. The molecule has 0 bridgehead atoms. The van der Waals surface area contributed by atoms with E-state index in [1.807, 2.05) is 60.4 Å². The van der Waals surface area contributed by atoms with Crippen LogP contribution in [0.3, 0.4) is 0 Å². The highest BCUT2D eigenvalue weighted by atomic mass is 16.3. The number of hydrogen-bond acceptors (Lipinski definition) is 5. The number of hydrogen-bond donors (Lipinski definition) is 1. The minimum absolute atomic E-state index is 0.0432.